The van der Waals surface area contributed by atoms with Gasteiger partial charge in [-0.25, -0.2) is 18.2 Å². The van der Waals surface area contributed by atoms with E-state index in [-0.39, 0.29) is 10.8 Å². The number of rotatable bonds is 5. The van der Waals surface area contributed by atoms with Crippen LogP contribution in [0.25, 0.3) is 0 Å². The summed E-state index contributed by atoms with van der Waals surface area (Å²) in [6.45, 7) is 1.96. The van der Waals surface area contributed by atoms with E-state index < -0.39 is 10.0 Å². The van der Waals surface area contributed by atoms with Crippen LogP contribution in [0.15, 0.2) is 34.3 Å². The molecule has 1 aromatic carbocycles. The third-order valence-corrected chi connectivity index (χ3v) is 4.43. The molecule has 0 bridgehead atoms. The van der Waals surface area contributed by atoms with E-state index in [2.05, 4.69) is 19.9 Å². The molecule has 0 saturated carbocycles. The molecule has 102 valence electrons. The quantitative estimate of drug-likeness (QED) is 0.826. The number of thioether (sulfide) groups is 1. The molecule has 2 N–H and O–H groups in total. The van der Waals surface area contributed by atoms with Gasteiger partial charge < -0.3 is 0 Å². The van der Waals surface area contributed by atoms with Crippen LogP contribution in [0.3, 0.4) is 0 Å². The molecule has 1 aromatic heterocycles. The zero-order valence-corrected chi connectivity index (χ0v) is 12.3. The van der Waals surface area contributed by atoms with Crippen molar-refractivity contribution in [1.82, 2.24) is 15.2 Å². The van der Waals surface area contributed by atoms with Gasteiger partial charge in [-0.05, 0) is 30.0 Å². The SMILES string of the molecule is CCSc1n[nH]c(NS(=O)(=O)c2ccc(Cl)cc2)n1. The lowest BCUT2D eigenvalue weighted by Crippen LogP contribution is -2.13. The minimum absolute atomic E-state index is 0.0888. The van der Waals surface area contributed by atoms with Crippen molar-refractivity contribution in [1.29, 1.82) is 0 Å². The molecule has 1 heterocycles. The summed E-state index contributed by atoms with van der Waals surface area (Å²) in [5, 5.41) is 7.38. The second kappa shape index (κ2) is 5.81. The molecular formula is C10H11ClN4O2S2. The van der Waals surface area contributed by atoms with Crippen molar-refractivity contribution in [3.05, 3.63) is 29.3 Å². The van der Waals surface area contributed by atoms with Crippen LogP contribution >= 0.6 is 23.4 Å². The lowest BCUT2D eigenvalue weighted by Gasteiger charge is -2.04. The van der Waals surface area contributed by atoms with E-state index in [9.17, 15) is 8.42 Å². The van der Waals surface area contributed by atoms with E-state index in [0.717, 1.165) is 5.75 Å². The Kier molecular flexibility index (Phi) is 4.33. The van der Waals surface area contributed by atoms with Crippen molar-refractivity contribution in [2.24, 2.45) is 0 Å². The Morgan fingerprint density at radius 3 is 2.68 bits per heavy atom. The number of anilines is 1. The van der Waals surface area contributed by atoms with Crippen LogP contribution in [0, 0.1) is 0 Å². The van der Waals surface area contributed by atoms with E-state index in [1.54, 1.807) is 0 Å². The summed E-state index contributed by atoms with van der Waals surface area (Å²) in [5.74, 6) is 0.896. The number of sulfonamides is 1. The zero-order valence-electron chi connectivity index (χ0n) is 9.92. The first-order valence-corrected chi connectivity index (χ1v) is 8.19. The Morgan fingerprint density at radius 1 is 1.37 bits per heavy atom. The van der Waals surface area contributed by atoms with E-state index in [1.165, 1.54) is 36.0 Å². The van der Waals surface area contributed by atoms with Crippen molar-refractivity contribution in [3.63, 3.8) is 0 Å². The second-order valence-corrected chi connectivity index (χ2v) is 6.81. The van der Waals surface area contributed by atoms with E-state index in [4.69, 9.17) is 11.6 Å². The molecule has 19 heavy (non-hydrogen) atoms. The smallest absolute Gasteiger partial charge is 0.248 e. The molecule has 0 radical (unpaired) electrons. The number of hydrogen-bond acceptors (Lipinski definition) is 5. The number of nitrogens with zero attached hydrogens (tertiary/aromatic N) is 2. The molecule has 0 spiro atoms. The Labute approximate surface area is 120 Å². The Hall–Kier alpha value is -1.25. The van der Waals surface area contributed by atoms with Crippen LogP contribution < -0.4 is 4.72 Å². The zero-order chi connectivity index (χ0) is 13.9. The van der Waals surface area contributed by atoms with Crippen LogP contribution in [0.1, 0.15) is 6.92 Å². The van der Waals surface area contributed by atoms with Gasteiger partial charge in [-0.1, -0.05) is 30.3 Å². The molecule has 0 unspecified atom stereocenters. The number of halogens is 1. The highest BCUT2D eigenvalue weighted by atomic mass is 35.5. The summed E-state index contributed by atoms with van der Waals surface area (Å²) < 4.78 is 26.4. The highest BCUT2D eigenvalue weighted by Gasteiger charge is 2.16. The third kappa shape index (κ3) is 3.62. The van der Waals surface area contributed by atoms with Gasteiger partial charge in [0.05, 0.1) is 4.90 Å². The summed E-state index contributed by atoms with van der Waals surface area (Å²) >= 11 is 7.13. The van der Waals surface area contributed by atoms with E-state index in [1.807, 2.05) is 6.92 Å². The van der Waals surface area contributed by atoms with Crippen LogP contribution in [0.5, 0.6) is 0 Å². The minimum Gasteiger partial charge on any atom is -0.248 e. The van der Waals surface area contributed by atoms with Crippen molar-refractivity contribution >= 4 is 39.3 Å². The van der Waals surface area contributed by atoms with Gasteiger partial charge in [0.15, 0.2) is 0 Å². The molecule has 0 aliphatic rings. The highest BCUT2D eigenvalue weighted by molar-refractivity contribution is 7.99. The van der Waals surface area contributed by atoms with Crippen LogP contribution in [-0.4, -0.2) is 29.4 Å². The second-order valence-electron chi connectivity index (χ2n) is 3.46. The van der Waals surface area contributed by atoms with E-state index >= 15 is 0 Å². The molecule has 0 atom stereocenters. The van der Waals surface area contributed by atoms with Crippen molar-refractivity contribution < 1.29 is 8.42 Å². The fourth-order valence-electron chi connectivity index (χ4n) is 1.29. The highest BCUT2D eigenvalue weighted by Crippen LogP contribution is 2.18. The molecule has 2 rings (SSSR count). The predicted octanol–water partition coefficient (Wildman–Crippen LogP) is 2.37. The minimum atomic E-state index is -3.68. The summed E-state index contributed by atoms with van der Waals surface area (Å²) in [4.78, 5) is 4.12. The van der Waals surface area contributed by atoms with Gasteiger partial charge in [-0.3, -0.25) is 0 Å². The van der Waals surface area contributed by atoms with Gasteiger partial charge in [0, 0.05) is 5.02 Å². The normalized spacial score (nSPS) is 11.5. The summed E-state index contributed by atoms with van der Waals surface area (Å²) in [5.41, 5.74) is 0. The number of H-pyrrole nitrogens is 1. The Morgan fingerprint density at radius 2 is 2.05 bits per heavy atom. The molecule has 2 aromatic rings. The maximum atomic E-state index is 12.0. The average molecular weight is 319 g/mol. The van der Waals surface area contributed by atoms with Gasteiger partial charge in [-0.2, -0.15) is 4.98 Å². The number of hydrogen-bond donors (Lipinski definition) is 2. The van der Waals surface area contributed by atoms with E-state index in [0.29, 0.717) is 10.2 Å². The van der Waals surface area contributed by atoms with Gasteiger partial charge >= 0.3 is 0 Å². The fraction of sp³-hybridized carbons (Fsp3) is 0.200. The molecule has 0 fully saturated rings. The largest absolute Gasteiger partial charge is 0.264 e. The lowest BCUT2D eigenvalue weighted by atomic mass is 10.4. The Balaban J connectivity index is 2.18. The lowest BCUT2D eigenvalue weighted by molar-refractivity contribution is 0.601. The number of benzene rings is 1. The van der Waals surface area contributed by atoms with Crippen molar-refractivity contribution in [2.45, 2.75) is 17.0 Å². The van der Waals surface area contributed by atoms with Gasteiger partial charge in [0.1, 0.15) is 0 Å². The molecule has 6 nitrogen and oxygen atoms in total. The Bertz CT molecular complexity index is 654. The van der Waals surface area contributed by atoms with Crippen molar-refractivity contribution in [3.8, 4) is 0 Å². The first kappa shape index (κ1) is 14.2. The molecule has 0 aliphatic heterocycles. The van der Waals surface area contributed by atoms with Gasteiger partial charge in [-0.15, -0.1) is 5.10 Å². The first-order valence-electron chi connectivity index (χ1n) is 5.35. The summed E-state index contributed by atoms with van der Waals surface area (Å²) in [6.07, 6.45) is 0. The maximum Gasteiger partial charge on any atom is 0.264 e. The number of nitrogens with one attached hydrogen (secondary N) is 2. The molecule has 0 saturated heterocycles. The summed E-state index contributed by atoms with van der Waals surface area (Å²) in [7, 11) is -3.68. The summed E-state index contributed by atoms with van der Waals surface area (Å²) in [6, 6.07) is 5.86. The first-order chi connectivity index (χ1) is 9.01. The average Bonchev–Trinajstić information content (AvgIpc) is 2.77. The fourth-order valence-corrected chi connectivity index (χ4v) is 2.89. The molecule has 0 amide bonds. The van der Waals surface area contributed by atoms with Crippen LogP contribution in [0.2, 0.25) is 5.02 Å². The molecular weight excluding hydrogens is 308 g/mol. The van der Waals surface area contributed by atoms with Gasteiger partial charge in [0.25, 0.3) is 10.0 Å². The van der Waals surface area contributed by atoms with Crippen LogP contribution in [0.4, 0.5) is 5.95 Å². The topological polar surface area (TPSA) is 87.7 Å². The monoisotopic (exact) mass is 318 g/mol. The molecule has 0 aliphatic carbocycles. The predicted molar refractivity (Wildman–Crippen MR) is 75.0 cm³/mol. The van der Waals surface area contributed by atoms with Crippen molar-refractivity contribution in [2.75, 3.05) is 10.5 Å². The molecule has 9 heteroatoms. The standard InChI is InChI=1S/C10H11ClN4O2S2/c1-2-18-10-12-9(13-14-10)15-19(16,17)8-5-3-7(11)4-6-8/h3-6H,2H2,1H3,(H2,12,13,14,15). The number of aromatic amines is 1. The third-order valence-electron chi connectivity index (χ3n) is 2.09. The maximum absolute atomic E-state index is 12.0. The number of aromatic nitrogens is 3. The van der Waals surface area contributed by atoms with Crippen LogP contribution in [-0.2, 0) is 10.0 Å². The van der Waals surface area contributed by atoms with Gasteiger partial charge in [0.2, 0.25) is 11.1 Å².